The number of carbonyl (C=O) groups is 3. The quantitative estimate of drug-likeness (QED) is 0.0211. The second-order valence-electron chi connectivity index (χ2n) is 22.0. The number of carboxylic acids is 1. The molecule has 1 N–H and O–H groups in total. The molecule has 0 aliphatic heterocycles. The van der Waals surface area contributed by atoms with E-state index in [2.05, 4.69) is 111 Å². The minimum absolute atomic E-state index is 0.183. The van der Waals surface area contributed by atoms with E-state index in [1.807, 2.05) is 21.1 Å². The molecule has 0 heterocycles. The number of esters is 2. The highest BCUT2D eigenvalue weighted by atomic mass is 16.7. The zero-order valence-electron chi connectivity index (χ0n) is 50.3. The highest BCUT2D eigenvalue weighted by Gasteiger charge is 2.25. The number of aliphatic carboxylic acids is 1. The van der Waals surface area contributed by atoms with Crippen LogP contribution in [0.4, 0.5) is 0 Å². The standard InChI is InChI=1S/C68H117NO8/c1-6-8-10-12-14-16-18-20-22-24-25-26-27-28-29-30-31-32-33-34-35-36-37-38-39-40-41-43-45-47-49-51-53-55-57-59-66(71)77-64(63-76-68(67(72)73)74-61-60-69(3,4)5)62-75-65(70)58-56-54-52-50-48-46-44-42-23-21-19-17-15-13-11-9-7-2/h8-11,14-17,20-23,25-26,28-29,64,68H,6-7,12-13,18-19,24,27,30-63H2,1-5H3/p+1/b10-8-,11-9-,16-14-,17-15-,22-20-,23-21-,26-25-,29-28-. The molecule has 0 amide bonds. The van der Waals surface area contributed by atoms with Gasteiger partial charge in [0.2, 0.25) is 0 Å². The molecule has 0 aromatic carbocycles. The zero-order chi connectivity index (χ0) is 56.2. The van der Waals surface area contributed by atoms with Crippen molar-refractivity contribution in [2.45, 2.75) is 270 Å². The summed E-state index contributed by atoms with van der Waals surface area (Å²) < 4.78 is 22.9. The lowest BCUT2D eigenvalue weighted by Crippen LogP contribution is -2.40. The SMILES string of the molecule is CC/C=C\C/C=C\C/C=C\C/C=C\C/C=C\CCCCCCCCCCCCCCCCCCCCCC(=O)OC(COC(=O)CCCCCCCCC/C=C\C/C=C\C/C=C\CC)COC(OCC[N+](C)(C)C)C(=O)O. The number of ether oxygens (including phenoxy) is 4. The maximum atomic E-state index is 12.9. The van der Waals surface area contributed by atoms with Crippen LogP contribution in [0, 0.1) is 0 Å². The molecule has 0 fully saturated rings. The Hall–Kier alpha value is -3.79. The van der Waals surface area contributed by atoms with Gasteiger partial charge in [0.25, 0.3) is 6.29 Å². The number of hydrogen-bond acceptors (Lipinski definition) is 7. The summed E-state index contributed by atoms with van der Waals surface area (Å²) in [5.41, 5.74) is 0. The van der Waals surface area contributed by atoms with E-state index in [4.69, 9.17) is 18.9 Å². The summed E-state index contributed by atoms with van der Waals surface area (Å²) in [6.07, 6.45) is 76.5. The molecule has 77 heavy (non-hydrogen) atoms. The third kappa shape index (κ3) is 59.7. The molecule has 0 aliphatic rings. The summed E-state index contributed by atoms with van der Waals surface area (Å²) in [6.45, 7) is 4.65. The first-order valence-electron chi connectivity index (χ1n) is 31.4. The molecule has 9 heteroatoms. The second-order valence-corrected chi connectivity index (χ2v) is 22.0. The first-order chi connectivity index (χ1) is 37.6. The Morgan fingerprint density at radius 3 is 1.04 bits per heavy atom. The number of quaternary nitrogens is 1. The molecule has 0 saturated heterocycles. The lowest BCUT2D eigenvalue weighted by molar-refractivity contribution is -0.870. The van der Waals surface area contributed by atoms with Gasteiger partial charge in [0.15, 0.2) is 6.10 Å². The van der Waals surface area contributed by atoms with Gasteiger partial charge in [-0.15, -0.1) is 0 Å². The Bertz CT molecular complexity index is 1580. The summed E-state index contributed by atoms with van der Waals surface area (Å²) >= 11 is 0. The van der Waals surface area contributed by atoms with E-state index in [-0.39, 0.29) is 38.6 Å². The van der Waals surface area contributed by atoms with Crippen molar-refractivity contribution < 1.29 is 42.9 Å². The van der Waals surface area contributed by atoms with Crippen molar-refractivity contribution in [1.82, 2.24) is 0 Å². The van der Waals surface area contributed by atoms with E-state index in [1.165, 1.54) is 128 Å². The van der Waals surface area contributed by atoms with Crippen LogP contribution < -0.4 is 0 Å². The molecule has 0 aliphatic carbocycles. The number of nitrogens with zero attached hydrogens (tertiary/aromatic N) is 1. The number of unbranched alkanes of at least 4 members (excludes halogenated alkanes) is 26. The van der Waals surface area contributed by atoms with Gasteiger partial charge in [-0.2, -0.15) is 0 Å². The third-order valence-electron chi connectivity index (χ3n) is 13.3. The zero-order valence-corrected chi connectivity index (χ0v) is 50.3. The van der Waals surface area contributed by atoms with Crippen molar-refractivity contribution in [3.8, 4) is 0 Å². The van der Waals surface area contributed by atoms with Gasteiger partial charge < -0.3 is 28.5 Å². The van der Waals surface area contributed by atoms with Crippen LogP contribution in [0.5, 0.6) is 0 Å². The number of hydrogen-bond donors (Lipinski definition) is 1. The molecule has 2 unspecified atom stereocenters. The maximum Gasteiger partial charge on any atom is 0.361 e. The van der Waals surface area contributed by atoms with Crippen molar-refractivity contribution in [1.29, 1.82) is 0 Å². The van der Waals surface area contributed by atoms with E-state index < -0.39 is 24.3 Å². The summed E-state index contributed by atoms with van der Waals surface area (Å²) in [5, 5.41) is 9.71. The van der Waals surface area contributed by atoms with Crippen molar-refractivity contribution in [3.05, 3.63) is 97.2 Å². The predicted octanol–water partition coefficient (Wildman–Crippen LogP) is 18.9. The monoisotopic (exact) mass is 1080 g/mol. The van der Waals surface area contributed by atoms with Gasteiger partial charge in [-0.1, -0.05) is 252 Å². The topological polar surface area (TPSA) is 108 Å². The van der Waals surface area contributed by atoms with Crippen molar-refractivity contribution >= 4 is 17.9 Å². The van der Waals surface area contributed by atoms with Crippen LogP contribution >= 0.6 is 0 Å². The highest BCUT2D eigenvalue weighted by Crippen LogP contribution is 2.17. The van der Waals surface area contributed by atoms with Gasteiger partial charge in [-0.25, -0.2) is 4.79 Å². The molecule has 9 nitrogen and oxygen atoms in total. The van der Waals surface area contributed by atoms with E-state index in [9.17, 15) is 19.5 Å². The molecular formula is C68H118NO8+. The number of rotatable bonds is 57. The van der Waals surface area contributed by atoms with Gasteiger partial charge in [-0.3, -0.25) is 9.59 Å². The highest BCUT2D eigenvalue weighted by molar-refractivity contribution is 5.71. The average Bonchev–Trinajstić information content (AvgIpc) is 3.40. The summed E-state index contributed by atoms with van der Waals surface area (Å²) in [7, 11) is 5.97. The Kier molecular flexibility index (Phi) is 55.5. The van der Waals surface area contributed by atoms with Gasteiger partial charge >= 0.3 is 17.9 Å². The number of carbonyl (C=O) groups excluding carboxylic acids is 2. The molecular weight excluding hydrogens is 959 g/mol. The van der Waals surface area contributed by atoms with Gasteiger partial charge in [0, 0.05) is 12.8 Å². The molecule has 0 radical (unpaired) electrons. The Balaban J connectivity index is 4.09. The minimum atomic E-state index is -1.52. The summed E-state index contributed by atoms with van der Waals surface area (Å²) in [4.78, 5) is 37.5. The number of allylic oxidation sites excluding steroid dienone is 16. The molecule has 0 spiro atoms. The van der Waals surface area contributed by atoms with Crippen LogP contribution in [0.1, 0.15) is 258 Å². The molecule has 0 bridgehead atoms. The van der Waals surface area contributed by atoms with E-state index in [1.54, 1.807) is 0 Å². The first-order valence-corrected chi connectivity index (χ1v) is 31.4. The van der Waals surface area contributed by atoms with Crippen LogP contribution in [0.3, 0.4) is 0 Å². The maximum absolute atomic E-state index is 12.9. The first kappa shape index (κ1) is 73.2. The summed E-state index contributed by atoms with van der Waals surface area (Å²) in [5.74, 6) is -2.01. The normalized spacial score (nSPS) is 13.4. The van der Waals surface area contributed by atoms with E-state index in [0.29, 0.717) is 11.0 Å². The predicted molar refractivity (Wildman–Crippen MR) is 327 cm³/mol. The fraction of sp³-hybridized carbons (Fsp3) is 0.721. The average molecular weight is 1080 g/mol. The molecule has 0 aromatic rings. The van der Waals surface area contributed by atoms with Crippen LogP contribution in [-0.4, -0.2) is 87.4 Å². The van der Waals surface area contributed by atoms with Crippen LogP contribution in [-0.2, 0) is 33.3 Å². The fourth-order valence-electron chi connectivity index (χ4n) is 8.59. The Morgan fingerprint density at radius 1 is 0.390 bits per heavy atom. The second kappa shape index (κ2) is 58.4. The van der Waals surface area contributed by atoms with E-state index in [0.717, 1.165) is 103 Å². The number of carboxylic acid groups (broad SMARTS) is 1. The van der Waals surface area contributed by atoms with Gasteiger partial charge in [0.1, 0.15) is 13.2 Å². The van der Waals surface area contributed by atoms with Crippen LogP contribution in [0.2, 0.25) is 0 Å². The lowest BCUT2D eigenvalue weighted by atomic mass is 10.0. The Labute approximate surface area is 473 Å². The third-order valence-corrected chi connectivity index (χ3v) is 13.3. The molecule has 0 saturated carbocycles. The van der Waals surface area contributed by atoms with Crippen LogP contribution in [0.15, 0.2) is 97.2 Å². The fourth-order valence-corrected chi connectivity index (χ4v) is 8.59. The Morgan fingerprint density at radius 2 is 0.701 bits per heavy atom. The molecule has 2 atom stereocenters. The van der Waals surface area contributed by atoms with Crippen LogP contribution in [0.25, 0.3) is 0 Å². The smallest absolute Gasteiger partial charge is 0.361 e. The largest absolute Gasteiger partial charge is 0.477 e. The lowest BCUT2D eigenvalue weighted by Gasteiger charge is -2.25. The summed E-state index contributed by atoms with van der Waals surface area (Å²) in [6, 6.07) is 0. The van der Waals surface area contributed by atoms with Crippen molar-refractivity contribution in [3.63, 3.8) is 0 Å². The van der Waals surface area contributed by atoms with Gasteiger partial charge in [0.05, 0.1) is 34.4 Å². The number of likely N-dealkylation sites (N-methyl/N-ethyl adjacent to an activating group) is 1. The molecule has 0 rings (SSSR count). The van der Waals surface area contributed by atoms with Crippen molar-refractivity contribution in [2.75, 3.05) is 47.5 Å². The molecule has 442 valence electrons. The van der Waals surface area contributed by atoms with Crippen molar-refractivity contribution in [2.24, 2.45) is 0 Å². The molecule has 0 aromatic heterocycles. The minimum Gasteiger partial charge on any atom is -0.477 e. The van der Waals surface area contributed by atoms with Gasteiger partial charge in [-0.05, 0) is 89.9 Å². The van der Waals surface area contributed by atoms with E-state index >= 15 is 0 Å².